The maximum Gasteiger partial charge on any atom is 0.264 e. The molecule has 4 rings (SSSR count). The van der Waals surface area contributed by atoms with Crippen molar-refractivity contribution in [1.29, 1.82) is 0 Å². The first kappa shape index (κ1) is 33.1. The van der Waals surface area contributed by atoms with Gasteiger partial charge in [0.05, 0.1) is 24.8 Å². The van der Waals surface area contributed by atoms with Gasteiger partial charge in [0.15, 0.2) is 11.5 Å². The standard InChI is InChI=1S/C33H40ClN3O6S/c1-4-29(33(39)35-26-11-7-5-8-12-26)36(22-24-15-17-25(34)18-16-24)32(38)23-37(27-13-9-6-10-14-27)44(40,41)28-19-20-30(42-2)31(21-28)43-3/h6,9-10,13-21,26,29H,4-5,7-8,11-12,22-23H2,1-3H3,(H,35,39)/t29-/m1/s1. The Labute approximate surface area is 265 Å². The van der Waals surface area contributed by atoms with Crippen LogP contribution in [0.15, 0.2) is 77.7 Å². The van der Waals surface area contributed by atoms with Crippen LogP contribution in [-0.4, -0.2) is 58.0 Å². The highest BCUT2D eigenvalue weighted by Gasteiger charge is 2.34. The summed E-state index contributed by atoms with van der Waals surface area (Å²) in [6, 6.07) is 19.0. The number of nitrogens with zero attached hydrogens (tertiary/aromatic N) is 2. The van der Waals surface area contributed by atoms with Crippen LogP contribution in [0.1, 0.15) is 51.0 Å². The summed E-state index contributed by atoms with van der Waals surface area (Å²) in [5.74, 6) is -0.144. The predicted octanol–water partition coefficient (Wildman–Crippen LogP) is 5.81. The minimum absolute atomic E-state index is 0.0593. The first-order valence-electron chi connectivity index (χ1n) is 14.8. The summed E-state index contributed by atoms with van der Waals surface area (Å²) in [5.41, 5.74) is 1.07. The molecule has 11 heteroatoms. The fourth-order valence-corrected chi connectivity index (χ4v) is 7.03. The molecule has 1 saturated carbocycles. The van der Waals surface area contributed by atoms with Crippen molar-refractivity contribution in [3.8, 4) is 11.5 Å². The topological polar surface area (TPSA) is 105 Å². The fraction of sp³-hybridized carbons (Fsp3) is 0.394. The van der Waals surface area contributed by atoms with E-state index in [1.165, 1.54) is 37.3 Å². The van der Waals surface area contributed by atoms with Gasteiger partial charge in [0.2, 0.25) is 11.8 Å². The number of halogens is 1. The average Bonchev–Trinajstić information content (AvgIpc) is 3.04. The maximum absolute atomic E-state index is 14.3. The van der Waals surface area contributed by atoms with Gasteiger partial charge >= 0.3 is 0 Å². The van der Waals surface area contributed by atoms with Crippen molar-refractivity contribution in [3.63, 3.8) is 0 Å². The van der Waals surface area contributed by atoms with E-state index in [4.69, 9.17) is 21.1 Å². The van der Waals surface area contributed by atoms with Crippen molar-refractivity contribution in [2.24, 2.45) is 0 Å². The number of benzene rings is 3. The fourth-order valence-electron chi connectivity index (χ4n) is 5.48. The molecule has 0 saturated heterocycles. The highest BCUT2D eigenvalue weighted by atomic mass is 35.5. The summed E-state index contributed by atoms with van der Waals surface area (Å²) in [5, 5.41) is 3.70. The number of anilines is 1. The Morgan fingerprint density at radius 3 is 2.20 bits per heavy atom. The van der Waals surface area contributed by atoms with Crippen molar-refractivity contribution in [1.82, 2.24) is 10.2 Å². The Morgan fingerprint density at radius 1 is 0.932 bits per heavy atom. The number of hydrogen-bond acceptors (Lipinski definition) is 6. The SMILES string of the molecule is CC[C@H](C(=O)NC1CCCCC1)N(Cc1ccc(Cl)cc1)C(=O)CN(c1ccccc1)S(=O)(=O)c1ccc(OC)c(OC)c1. The first-order chi connectivity index (χ1) is 21.2. The number of amides is 2. The molecule has 3 aromatic carbocycles. The van der Waals surface area contributed by atoms with Crippen LogP contribution < -0.4 is 19.1 Å². The zero-order valence-electron chi connectivity index (χ0n) is 25.4. The van der Waals surface area contributed by atoms with E-state index < -0.39 is 28.5 Å². The summed E-state index contributed by atoms with van der Waals surface area (Å²) < 4.78 is 40.0. The molecule has 0 heterocycles. The van der Waals surface area contributed by atoms with Crippen LogP contribution in [0.5, 0.6) is 11.5 Å². The summed E-state index contributed by atoms with van der Waals surface area (Å²) >= 11 is 6.11. The summed E-state index contributed by atoms with van der Waals surface area (Å²) in [4.78, 5) is 29.3. The smallest absolute Gasteiger partial charge is 0.264 e. The molecule has 1 aliphatic carbocycles. The van der Waals surface area contributed by atoms with Gasteiger partial charge < -0.3 is 19.7 Å². The highest BCUT2D eigenvalue weighted by molar-refractivity contribution is 7.92. The summed E-state index contributed by atoms with van der Waals surface area (Å²) in [7, 11) is -1.38. The van der Waals surface area contributed by atoms with E-state index in [9.17, 15) is 18.0 Å². The molecule has 0 unspecified atom stereocenters. The molecule has 3 aromatic rings. The third kappa shape index (κ3) is 8.04. The van der Waals surface area contributed by atoms with Crippen LogP contribution in [0.4, 0.5) is 5.69 Å². The van der Waals surface area contributed by atoms with Crippen LogP contribution in [0.2, 0.25) is 5.02 Å². The lowest BCUT2D eigenvalue weighted by atomic mass is 9.95. The van der Waals surface area contributed by atoms with Gasteiger partial charge in [-0.15, -0.1) is 0 Å². The van der Waals surface area contributed by atoms with Crippen LogP contribution in [0, 0.1) is 0 Å². The number of carbonyl (C=O) groups excluding carboxylic acids is 2. The van der Waals surface area contributed by atoms with Gasteiger partial charge in [-0.25, -0.2) is 8.42 Å². The van der Waals surface area contributed by atoms with Crippen molar-refractivity contribution in [2.75, 3.05) is 25.1 Å². The number of para-hydroxylation sites is 1. The maximum atomic E-state index is 14.3. The van der Waals surface area contributed by atoms with E-state index >= 15 is 0 Å². The Morgan fingerprint density at radius 2 is 1.59 bits per heavy atom. The summed E-state index contributed by atoms with van der Waals surface area (Å²) in [6.45, 7) is 1.43. The number of sulfonamides is 1. The average molecular weight is 642 g/mol. The zero-order chi connectivity index (χ0) is 31.7. The van der Waals surface area contributed by atoms with Gasteiger partial charge in [-0.05, 0) is 61.2 Å². The van der Waals surface area contributed by atoms with Crippen molar-refractivity contribution in [2.45, 2.75) is 69.0 Å². The Balaban J connectivity index is 1.71. The third-order valence-electron chi connectivity index (χ3n) is 7.87. The lowest BCUT2D eigenvalue weighted by Gasteiger charge is -2.34. The number of carbonyl (C=O) groups is 2. The molecule has 0 radical (unpaired) electrons. The second kappa shape index (κ2) is 15.3. The molecule has 1 atom stereocenters. The minimum atomic E-state index is -4.26. The Hall–Kier alpha value is -3.76. The van der Waals surface area contributed by atoms with Gasteiger partial charge in [-0.3, -0.25) is 13.9 Å². The number of rotatable bonds is 13. The van der Waals surface area contributed by atoms with Gasteiger partial charge in [0.1, 0.15) is 12.6 Å². The highest BCUT2D eigenvalue weighted by Crippen LogP contribution is 2.32. The molecule has 0 aromatic heterocycles. The molecule has 2 amide bonds. The Bertz CT molecular complexity index is 1510. The third-order valence-corrected chi connectivity index (χ3v) is 9.89. The Kier molecular flexibility index (Phi) is 11.5. The van der Waals surface area contributed by atoms with E-state index in [0.29, 0.717) is 22.9 Å². The lowest BCUT2D eigenvalue weighted by molar-refractivity contribution is -0.140. The quantitative estimate of drug-likeness (QED) is 0.253. The zero-order valence-corrected chi connectivity index (χ0v) is 26.9. The molecule has 9 nitrogen and oxygen atoms in total. The van der Waals surface area contributed by atoms with Gasteiger partial charge in [-0.1, -0.05) is 68.1 Å². The van der Waals surface area contributed by atoms with Crippen molar-refractivity contribution in [3.05, 3.63) is 83.4 Å². The van der Waals surface area contributed by atoms with Gasteiger partial charge in [-0.2, -0.15) is 0 Å². The van der Waals surface area contributed by atoms with Crippen LogP contribution in [0.25, 0.3) is 0 Å². The number of ether oxygens (including phenoxy) is 2. The van der Waals surface area contributed by atoms with E-state index in [1.807, 2.05) is 6.92 Å². The monoisotopic (exact) mass is 641 g/mol. The van der Waals surface area contributed by atoms with Gasteiger partial charge in [0, 0.05) is 23.7 Å². The second-order valence-corrected chi connectivity index (χ2v) is 13.1. The minimum Gasteiger partial charge on any atom is -0.493 e. The summed E-state index contributed by atoms with van der Waals surface area (Å²) in [6.07, 6.45) is 5.40. The second-order valence-electron chi connectivity index (χ2n) is 10.8. The number of hydrogen-bond donors (Lipinski definition) is 1. The molecule has 1 fully saturated rings. The normalized spacial score (nSPS) is 14.4. The van der Waals surface area contributed by atoms with E-state index in [0.717, 1.165) is 42.0 Å². The van der Waals surface area contributed by atoms with E-state index in [-0.39, 0.29) is 29.1 Å². The van der Waals surface area contributed by atoms with Crippen molar-refractivity contribution < 1.29 is 27.5 Å². The van der Waals surface area contributed by atoms with E-state index in [1.54, 1.807) is 54.6 Å². The van der Waals surface area contributed by atoms with Crippen LogP contribution >= 0.6 is 11.6 Å². The molecule has 1 N–H and O–H groups in total. The number of methoxy groups -OCH3 is 2. The molecular weight excluding hydrogens is 602 g/mol. The van der Waals surface area contributed by atoms with E-state index in [2.05, 4.69) is 5.32 Å². The predicted molar refractivity (Wildman–Crippen MR) is 172 cm³/mol. The molecule has 0 aliphatic heterocycles. The molecule has 44 heavy (non-hydrogen) atoms. The largest absolute Gasteiger partial charge is 0.493 e. The molecule has 236 valence electrons. The lowest BCUT2D eigenvalue weighted by Crippen LogP contribution is -2.54. The van der Waals surface area contributed by atoms with Crippen LogP contribution in [-0.2, 0) is 26.2 Å². The molecule has 0 spiro atoms. The van der Waals surface area contributed by atoms with Crippen LogP contribution in [0.3, 0.4) is 0 Å². The van der Waals surface area contributed by atoms with Crippen molar-refractivity contribution >= 4 is 39.1 Å². The number of nitrogens with one attached hydrogen (secondary N) is 1. The first-order valence-corrected chi connectivity index (χ1v) is 16.6. The van der Waals surface area contributed by atoms with Gasteiger partial charge in [0.25, 0.3) is 10.0 Å². The molecule has 1 aliphatic rings. The molecular formula is C33H40ClN3O6S. The molecule has 0 bridgehead atoms.